The lowest BCUT2D eigenvalue weighted by Gasteiger charge is -2.25. The number of nitrogens with two attached hydrogens (primary N) is 1. The smallest absolute Gasteiger partial charge is 0.405 e. The number of nitrogens with one attached hydrogen (secondary N) is 1. The van der Waals surface area contributed by atoms with Crippen LogP contribution >= 0.6 is 0 Å². The zero-order valence-corrected chi connectivity index (χ0v) is 15.6. The second-order valence-corrected chi connectivity index (χ2v) is 7.25. The number of para-hydroxylation sites is 1. The first-order chi connectivity index (χ1) is 12.7. The number of hydrogen-bond acceptors (Lipinski definition) is 4. The molecule has 1 amide bonds. The fourth-order valence-electron chi connectivity index (χ4n) is 3.09. The number of carbonyl (C=O) groups is 1. The molecule has 1 aromatic heterocycles. The number of amides is 1. The van der Waals surface area contributed by atoms with Gasteiger partial charge in [0, 0.05) is 17.1 Å². The number of rotatable bonds is 5. The Morgan fingerprint density at radius 2 is 2.00 bits per heavy atom. The lowest BCUT2D eigenvalue weighted by molar-refractivity contribution is 0.182. The van der Waals surface area contributed by atoms with Crippen LogP contribution in [-0.2, 0) is 6.42 Å². The molecule has 0 aliphatic heterocycles. The molecular weight excluding hydrogens is 342 g/mol. The van der Waals surface area contributed by atoms with E-state index >= 15 is 0 Å². The lowest BCUT2D eigenvalue weighted by atomic mass is 9.94. The van der Waals surface area contributed by atoms with Crippen molar-refractivity contribution in [3.63, 3.8) is 0 Å². The summed E-state index contributed by atoms with van der Waals surface area (Å²) >= 11 is 0. The molecule has 0 atom stereocenters. The Kier molecular flexibility index (Phi) is 4.90. The monoisotopic (exact) mass is 365 g/mol. The van der Waals surface area contributed by atoms with Crippen LogP contribution < -0.4 is 15.8 Å². The predicted octanol–water partition coefficient (Wildman–Crippen LogP) is 4.51. The highest BCUT2D eigenvalue weighted by Crippen LogP contribution is 2.33. The molecule has 0 aliphatic carbocycles. The molecule has 0 radical (unpaired) electrons. The third-order valence-electron chi connectivity index (χ3n) is 4.33. The van der Waals surface area contributed by atoms with Gasteiger partial charge in [-0.1, -0.05) is 18.2 Å². The first-order valence-corrected chi connectivity index (χ1v) is 8.67. The molecule has 4 N–H and O–H groups in total. The SMILES string of the molecule is Cc1ccc(CC(C)(C)NC(=O)O)cc1Oc1ccnc2c(N)cccc12. The summed E-state index contributed by atoms with van der Waals surface area (Å²) < 4.78 is 6.18. The van der Waals surface area contributed by atoms with Gasteiger partial charge in [-0.25, -0.2) is 4.79 Å². The molecule has 0 saturated heterocycles. The van der Waals surface area contributed by atoms with Crippen molar-refractivity contribution in [2.24, 2.45) is 0 Å². The predicted molar refractivity (Wildman–Crippen MR) is 106 cm³/mol. The van der Waals surface area contributed by atoms with Gasteiger partial charge in [-0.05, 0) is 62.6 Å². The molecule has 27 heavy (non-hydrogen) atoms. The minimum absolute atomic E-state index is 0.542. The Morgan fingerprint density at radius 1 is 1.22 bits per heavy atom. The Morgan fingerprint density at radius 3 is 2.74 bits per heavy atom. The number of aromatic nitrogens is 1. The molecule has 3 rings (SSSR count). The first-order valence-electron chi connectivity index (χ1n) is 8.67. The average molecular weight is 365 g/mol. The maximum atomic E-state index is 11.0. The number of aryl methyl sites for hydroxylation is 1. The van der Waals surface area contributed by atoms with Crippen molar-refractivity contribution in [3.05, 3.63) is 59.8 Å². The number of fused-ring (bicyclic) bond motifs is 1. The average Bonchev–Trinajstić information content (AvgIpc) is 2.57. The normalized spacial score (nSPS) is 11.4. The van der Waals surface area contributed by atoms with Gasteiger partial charge in [0.15, 0.2) is 0 Å². The number of pyridine rings is 1. The Balaban J connectivity index is 1.92. The van der Waals surface area contributed by atoms with Crippen LogP contribution in [0.4, 0.5) is 10.5 Å². The van der Waals surface area contributed by atoms with Crippen LogP contribution in [-0.4, -0.2) is 21.7 Å². The lowest BCUT2D eigenvalue weighted by Crippen LogP contribution is -2.44. The van der Waals surface area contributed by atoms with E-state index in [2.05, 4.69) is 10.3 Å². The highest BCUT2D eigenvalue weighted by Gasteiger charge is 2.21. The number of anilines is 1. The zero-order valence-electron chi connectivity index (χ0n) is 15.6. The summed E-state index contributed by atoms with van der Waals surface area (Å²) in [4.78, 5) is 15.3. The molecule has 0 saturated carbocycles. The highest BCUT2D eigenvalue weighted by atomic mass is 16.5. The van der Waals surface area contributed by atoms with E-state index in [4.69, 9.17) is 15.6 Å². The summed E-state index contributed by atoms with van der Waals surface area (Å²) in [5.74, 6) is 1.39. The van der Waals surface area contributed by atoms with Gasteiger partial charge in [0.2, 0.25) is 0 Å². The second kappa shape index (κ2) is 7.15. The van der Waals surface area contributed by atoms with Crippen LogP contribution in [0.5, 0.6) is 11.5 Å². The van der Waals surface area contributed by atoms with Gasteiger partial charge >= 0.3 is 6.09 Å². The van der Waals surface area contributed by atoms with Crippen molar-refractivity contribution in [3.8, 4) is 11.5 Å². The van der Waals surface area contributed by atoms with Crippen LogP contribution in [0.3, 0.4) is 0 Å². The molecule has 140 valence electrons. The standard InChI is InChI=1S/C21H23N3O3/c1-13-7-8-14(12-21(2,3)24-20(25)26)11-18(13)27-17-9-10-23-19-15(17)5-4-6-16(19)22/h4-11,24H,12,22H2,1-3H3,(H,25,26). The van der Waals surface area contributed by atoms with E-state index < -0.39 is 11.6 Å². The van der Waals surface area contributed by atoms with E-state index in [9.17, 15) is 4.79 Å². The van der Waals surface area contributed by atoms with Crippen molar-refractivity contribution < 1.29 is 14.6 Å². The molecule has 2 aromatic carbocycles. The molecule has 0 unspecified atom stereocenters. The van der Waals surface area contributed by atoms with Crippen molar-refractivity contribution >= 4 is 22.7 Å². The molecule has 1 heterocycles. The zero-order chi connectivity index (χ0) is 19.6. The maximum absolute atomic E-state index is 11.0. The molecule has 3 aromatic rings. The quantitative estimate of drug-likeness (QED) is 0.578. The Hall–Kier alpha value is -3.28. The molecule has 6 heteroatoms. The highest BCUT2D eigenvalue weighted by molar-refractivity contribution is 5.93. The minimum Gasteiger partial charge on any atom is -0.465 e. The van der Waals surface area contributed by atoms with Gasteiger partial charge in [-0.3, -0.25) is 4.98 Å². The van der Waals surface area contributed by atoms with Crippen LogP contribution in [0.1, 0.15) is 25.0 Å². The summed E-state index contributed by atoms with van der Waals surface area (Å²) in [6, 6.07) is 13.3. The number of ether oxygens (including phenoxy) is 1. The number of benzene rings is 2. The maximum Gasteiger partial charge on any atom is 0.405 e. The van der Waals surface area contributed by atoms with Gasteiger partial charge in [-0.2, -0.15) is 0 Å². The molecule has 0 aliphatic rings. The van der Waals surface area contributed by atoms with Gasteiger partial charge in [-0.15, -0.1) is 0 Å². The Labute approximate surface area is 158 Å². The van der Waals surface area contributed by atoms with E-state index in [1.807, 2.05) is 63.2 Å². The summed E-state index contributed by atoms with van der Waals surface area (Å²) in [5.41, 5.74) is 8.69. The topological polar surface area (TPSA) is 97.5 Å². The largest absolute Gasteiger partial charge is 0.465 e. The number of nitrogens with zero attached hydrogens (tertiary/aromatic N) is 1. The van der Waals surface area contributed by atoms with Crippen molar-refractivity contribution in [1.29, 1.82) is 0 Å². The summed E-state index contributed by atoms with van der Waals surface area (Å²) in [7, 11) is 0. The fraction of sp³-hybridized carbons (Fsp3) is 0.238. The molecular formula is C21H23N3O3. The van der Waals surface area contributed by atoms with Crippen LogP contribution in [0.2, 0.25) is 0 Å². The number of nitrogen functional groups attached to an aromatic ring is 1. The van der Waals surface area contributed by atoms with Crippen LogP contribution in [0.25, 0.3) is 10.9 Å². The molecule has 0 spiro atoms. The molecule has 0 bridgehead atoms. The van der Waals surface area contributed by atoms with Crippen molar-refractivity contribution in [2.75, 3.05) is 5.73 Å². The fourth-order valence-corrected chi connectivity index (χ4v) is 3.09. The van der Waals surface area contributed by atoms with Crippen LogP contribution in [0.15, 0.2) is 48.7 Å². The first kappa shape index (κ1) is 18.5. The van der Waals surface area contributed by atoms with Gasteiger partial charge in [0.1, 0.15) is 11.5 Å². The van der Waals surface area contributed by atoms with E-state index in [0.717, 1.165) is 16.5 Å². The van der Waals surface area contributed by atoms with E-state index in [0.29, 0.717) is 29.1 Å². The Bertz CT molecular complexity index is 999. The van der Waals surface area contributed by atoms with Gasteiger partial charge in [0.05, 0.1) is 11.2 Å². The number of hydrogen-bond donors (Lipinski definition) is 3. The van der Waals surface area contributed by atoms with Crippen LogP contribution in [0, 0.1) is 6.92 Å². The van der Waals surface area contributed by atoms with Gasteiger partial charge < -0.3 is 20.9 Å². The van der Waals surface area contributed by atoms with Crippen molar-refractivity contribution in [1.82, 2.24) is 10.3 Å². The third kappa shape index (κ3) is 4.28. The third-order valence-corrected chi connectivity index (χ3v) is 4.33. The van der Waals surface area contributed by atoms with E-state index in [1.165, 1.54) is 0 Å². The second-order valence-electron chi connectivity index (χ2n) is 7.25. The summed E-state index contributed by atoms with van der Waals surface area (Å²) in [5, 5.41) is 12.4. The van der Waals surface area contributed by atoms with Crippen molar-refractivity contribution in [2.45, 2.75) is 32.7 Å². The molecule has 0 fully saturated rings. The summed E-state index contributed by atoms with van der Waals surface area (Å²) in [6.45, 7) is 5.67. The van der Waals surface area contributed by atoms with E-state index in [1.54, 1.807) is 6.20 Å². The summed E-state index contributed by atoms with van der Waals surface area (Å²) in [6.07, 6.45) is 1.18. The number of carboxylic acid groups (broad SMARTS) is 1. The van der Waals surface area contributed by atoms with Gasteiger partial charge in [0.25, 0.3) is 0 Å². The molecule has 6 nitrogen and oxygen atoms in total. The minimum atomic E-state index is -1.04. The van der Waals surface area contributed by atoms with E-state index in [-0.39, 0.29) is 0 Å².